The Morgan fingerprint density at radius 2 is 0.653 bits per heavy atom. The predicted molar refractivity (Wildman–Crippen MR) is 316 cm³/mol. The summed E-state index contributed by atoms with van der Waals surface area (Å²) in [4.78, 5) is 0. The molecular formula is C72H56N2O. The molecule has 0 saturated carbocycles. The van der Waals surface area contributed by atoms with Gasteiger partial charge in [0.15, 0.2) is 0 Å². The fraction of sp³-hybridized carbons (Fsp3) is 0.0833. The first kappa shape index (κ1) is 45.7. The lowest BCUT2D eigenvalue weighted by molar-refractivity contribution is 0.660. The van der Waals surface area contributed by atoms with Gasteiger partial charge in [-0.1, -0.05) is 222 Å². The molecule has 2 N–H and O–H groups in total. The van der Waals surface area contributed by atoms with Crippen LogP contribution in [0.15, 0.2) is 259 Å². The van der Waals surface area contributed by atoms with Crippen LogP contribution in [0.1, 0.15) is 49.9 Å². The highest BCUT2D eigenvalue weighted by Gasteiger charge is 2.37. The average Bonchev–Trinajstić information content (AvgIpc) is 4.09. The maximum Gasteiger partial charge on any atom is 0.143 e. The molecule has 75 heavy (non-hydrogen) atoms. The van der Waals surface area contributed by atoms with Crippen molar-refractivity contribution in [3.63, 3.8) is 0 Å². The number of furan rings is 1. The molecule has 0 aliphatic heterocycles. The average molecular weight is 965 g/mol. The maximum atomic E-state index is 6.24. The van der Waals surface area contributed by atoms with Crippen LogP contribution >= 0.6 is 0 Å². The summed E-state index contributed by atoms with van der Waals surface area (Å²) in [6.45, 7) is 9.31. The second kappa shape index (κ2) is 18.4. The number of anilines is 4. The van der Waals surface area contributed by atoms with Crippen LogP contribution in [0.2, 0.25) is 0 Å². The number of hydrogen-bond acceptors (Lipinski definition) is 3. The molecule has 1 heterocycles. The third kappa shape index (κ3) is 8.28. The van der Waals surface area contributed by atoms with Gasteiger partial charge in [0.05, 0.1) is 0 Å². The topological polar surface area (TPSA) is 37.2 Å². The van der Waals surface area contributed by atoms with Crippen LogP contribution < -0.4 is 10.6 Å². The maximum absolute atomic E-state index is 6.24. The van der Waals surface area contributed by atoms with E-state index in [0.29, 0.717) is 0 Å². The van der Waals surface area contributed by atoms with Crippen molar-refractivity contribution in [3.8, 4) is 66.8 Å². The van der Waals surface area contributed by atoms with E-state index >= 15 is 0 Å². The Bertz CT molecular complexity index is 4070. The molecule has 12 aromatic rings. The SMILES string of the molecule is CC1(C)c2cc(Nc3ccc(-c4ccc(-c5ccccc5)cc4)cc3)ccc2-c2ccc(-c3ccccc3)cc21.CC1(C)c2ccccc2-c2ccc(Nc3ccc(-c4cccc5c4oc4ccccc45)cc3)cc21. The Morgan fingerprint density at radius 3 is 1.25 bits per heavy atom. The van der Waals surface area contributed by atoms with Gasteiger partial charge in [-0.3, -0.25) is 0 Å². The van der Waals surface area contributed by atoms with Crippen molar-refractivity contribution in [2.75, 3.05) is 10.6 Å². The quantitative estimate of drug-likeness (QED) is 0.159. The first-order chi connectivity index (χ1) is 36.7. The zero-order valence-corrected chi connectivity index (χ0v) is 42.7. The summed E-state index contributed by atoms with van der Waals surface area (Å²) in [5.74, 6) is 0. The minimum absolute atomic E-state index is 0.00125. The molecule has 0 atom stereocenters. The summed E-state index contributed by atoms with van der Waals surface area (Å²) in [5, 5.41) is 9.57. The summed E-state index contributed by atoms with van der Waals surface area (Å²) in [7, 11) is 0. The molecule has 14 rings (SSSR count). The highest BCUT2D eigenvalue weighted by molar-refractivity contribution is 6.09. The molecule has 0 unspecified atom stereocenters. The number of fused-ring (bicyclic) bond motifs is 9. The summed E-state index contributed by atoms with van der Waals surface area (Å²) in [6, 6.07) is 91.1. The molecule has 0 spiro atoms. The first-order valence-electron chi connectivity index (χ1n) is 26.1. The van der Waals surface area contributed by atoms with E-state index in [2.05, 4.69) is 281 Å². The van der Waals surface area contributed by atoms with Crippen LogP contribution in [0.25, 0.3) is 88.7 Å². The lowest BCUT2D eigenvalue weighted by Crippen LogP contribution is -2.15. The Kier molecular flexibility index (Phi) is 11.2. The van der Waals surface area contributed by atoms with Crippen molar-refractivity contribution in [1.29, 1.82) is 0 Å². The van der Waals surface area contributed by atoms with Gasteiger partial charge < -0.3 is 15.1 Å². The summed E-state index contributed by atoms with van der Waals surface area (Å²) < 4.78 is 6.24. The zero-order valence-electron chi connectivity index (χ0n) is 42.7. The normalized spacial score (nSPS) is 13.3. The Hall–Kier alpha value is -9.18. The van der Waals surface area contributed by atoms with E-state index < -0.39 is 0 Å². The summed E-state index contributed by atoms with van der Waals surface area (Å²) in [6.07, 6.45) is 0. The Balaban J connectivity index is 0.000000145. The molecule has 2 aliphatic rings. The molecule has 0 bridgehead atoms. The van der Waals surface area contributed by atoms with Crippen molar-refractivity contribution in [2.45, 2.75) is 38.5 Å². The molecule has 11 aromatic carbocycles. The molecule has 360 valence electrons. The monoisotopic (exact) mass is 964 g/mol. The van der Waals surface area contributed by atoms with Gasteiger partial charge in [-0.05, 0) is 144 Å². The van der Waals surface area contributed by atoms with Crippen LogP contribution in [-0.4, -0.2) is 0 Å². The lowest BCUT2D eigenvalue weighted by atomic mass is 9.81. The number of para-hydroxylation sites is 2. The summed E-state index contributed by atoms with van der Waals surface area (Å²) >= 11 is 0. The van der Waals surface area contributed by atoms with Crippen molar-refractivity contribution >= 4 is 44.7 Å². The molecular weight excluding hydrogens is 909 g/mol. The number of benzene rings is 11. The number of rotatable bonds is 8. The molecule has 0 amide bonds. The minimum Gasteiger partial charge on any atom is -0.455 e. The van der Waals surface area contributed by atoms with Gasteiger partial charge in [0, 0.05) is 49.9 Å². The third-order valence-corrected chi connectivity index (χ3v) is 15.8. The van der Waals surface area contributed by atoms with E-state index in [4.69, 9.17) is 4.42 Å². The number of nitrogens with one attached hydrogen (secondary N) is 2. The van der Waals surface area contributed by atoms with Crippen LogP contribution in [0.3, 0.4) is 0 Å². The van der Waals surface area contributed by atoms with Gasteiger partial charge >= 0.3 is 0 Å². The van der Waals surface area contributed by atoms with Crippen molar-refractivity contribution < 1.29 is 4.42 Å². The minimum atomic E-state index is -0.0666. The van der Waals surface area contributed by atoms with Crippen molar-refractivity contribution in [1.82, 2.24) is 0 Å². The number of hydrogen-bond donors (Lipinski definition) is 2. The molecule has 1 aromatic heterocycles. The van der Waals surface area contributed by atoms with Gasteiger partial charge in [-0.2, -0.15) is 0 Å². The second-order valence-corrected chi connectivity index (χ2v) is 21.1. The summed E-state index contributed by atoms with van der Waals surface area (Å²) in [5.41, 5.74) is 26.8. The standard InChI is InChI=1S/C39H31N.C33H25NO/c1-39(2)37-25-32(28-11-7-4-8-12-28)19-23-35(37)36-24-22-34(26-38(36)39)40-33-20-17-31(18-21-33)30-15-13-29(14-16-30)27-9-5-3-6-10-27;1-33(2)29-12-5-3-8-25(29)26-19-18-23(20-30(26)33)34-22-16-14-21(15-17-22)24-10-7-11-28-27-9-4-6-13-31(27)35-32(24)28/h3-26,40H,1-2H3;3-20,34H,1-2H3. The molecule has 3 nitrogen and oxygen atoms in total. The van der Waals surface area contributed by atoms with Crippen LogP contribution in [0, 0.1) is 0 Å². The highest BCUT2D eigenvalue weighted by Crippen LogP contribution is 2.52. The van der Waals surface area contributed by atoms with E-state index in [1.165, 1.54) is 77.9 Å². The Morgan fingerprint density at radius 1 is 0.267 bits per heavy atom. The lowest BCUT2D eigenvalue weighted by Gasteiger charge is -2.23. The fourth-order valence-electron chi connectivity index (χ4n) is 11.7. The molecule has 0 fully saturated rings. The van der Waals surface area contributed by atoms with E-state index in [0.717, 1.165) is 55.8 Å². The van der Waals surface area contributed by atoms with Gasteiger partial charge in [-0.25, -0.2) is 0 Å². The first-order valence-corrected chi connectivity index (χ1v) is 26.1. The molecule has 0 saturated heterocycles. The molecule has 0 radical (unpaired) electrons. The Labute approximate surface area is 439 Å². The smallest absolute Gasteiger partial charge is 0.143 e. The zero-order chi connectivity index (χ0) is 50.7. The van der Waals surface area contributed by atoms with Gasteiger partial charge in [0.1, 0.15) is 11.2 Å². The second-order valence-electron chi connectivity index (χ2n) is 21.1. The fourth-order valence-corrected chi connectivity index (χ4v) is 11.7. The van der Waals surface area contributed by atoms with Crippen molar-refractivity contribution in [2.24, 2.45) is 0 Å². The highest BCUT2D eigenvalue weighted by atomic mass is 16.3. The van der Waals surface area contributed by atoms with Crippen LogP contribution in [0.4, 0.5) is 22.7 Å². The predicted octanol–water partition coefficient (Wildman–Crippen LogP) is 20.0. The van der Waals surface area contributed by atoms with Gasteiger partial charge in [0.25, 0.3) is 0 Å². The van der Waals surface area contributed by atoms with Gasteiger partial charge in [-0.15, -0.1) is 0 Å². The largest absolute Gasteiger partial charge is 0.455 e. The van der Waals surface area contributed by atoms with E-state index in [9.17, 15) is 0 Å². The van der Waals surface area contributed by atoms with Crippen LogP contribution in [0.5, 0.6) is 0 Å². The van der Waals surface area contributed by atoms with Crippen molar-refractivity contribution in [3.05, 3.63) is 277 Å². The molecule has 2 aliphatic carbocycles. The third-order valence-electron chi connectivity index (χ3n) is 15.8. The molecule has 3 heteroatoms. The van der Waals surface area contributed by atoms with E-state index in [1.807, 2.05) is 12.1 Å². The van der Waals surface area contributed by atoms with E-state index in [1.54, 1.807) is 0 Å². The van der Waals surface area contributed by atoms with E-state index in [-0.39, 0.29) is 10.8 Å². The van der Waals surface area contributed by atoms with Crippen LogP contribution in [-0.2, 0) is 10.8 Å². The van der Waals surface area contributed by atoms with Gasteiger partial charge in [0.2, 0.25) is 0 Å².